The highest BCUT2D eigenvalue weighted by Gasteiger charge is 2.16. The Labute approximate surface area is 109 Å². The van der Waals surface area contributed by atoms with Gasteiger partial charge in [-0.3, -0.25) is 14.3 Å². The number of aryl methyl sites for hydroxylation is 1. The van der Waals surface area contributed by atoms with Crippen LogP contribution in [0.2, 0.25) is 0 Å². The second-order valence-corrected chi connectivity index (χ2v) is 3.99. The minimum absolute atomic E-state index is 0.0961. The summed E-state index contributed by atoms with van der Waals surface area (Å²) in [4.78, 5) is 24.0. The molecular weight excluding hydrogens is 246 g/mol. The van der Waals surface area contributed by atoms with Gasteiger partial charge in [0.15, 0.2) is 5.69 Å². The van der Waals surface area contributed by atoms with Gasteiger partial charge in [0, 0.05) is 18.5 Å². The summed E-state index contributed by atoms with van der Waals surface area (Å²) in [6.07, 6.45) is 0. The highest BCUT2D eigenvalue weighted by molar-refractivity contribution is 5.95. The number of aromatic nitrogens is 2. The molecule has 2 rings (SSSR count). The molecule has 100 valence electrons. The third kappa shape index (κ3) is 2.48. The first-order valence-electron chi connectivity index (χ1n) is 6.08. The molecule has 1 aromatic carbocycles. The minimum Gasteiger partial charge on any atom is -0.395 e. The van der Waals surface area contributed by atoms with Crippen LogP contribution in [0.25, 0.3) is 10.9 Å². The van der Waals surface area contributed by atoms with E-state index >= 15 is 0 Å². The van der Waals surface area contributed by atoms with E-state index in [1.165, 1.54) is 0 Å². The van der Waals surface area contributed by atoms with E-state index in [-0.39, 0.29) is 18.8 Å². The minimum atomic E-state index is -0.563. The van der Waals surface area contributed by atoms with Gasteiger partial charge in [0.2, 0.25) is 5.43 Å². The quantitative estimate of drug-likeness (QED) is 0.820. The fourth-order valence-corrected chi connectivity index (χ4v) is 1.88. The van der Waals surface area contributed by atoms with Crippen molar-refractivity contribution in [3.8, 4) is 0 Å². The summed E-state index contributed by atoms with van der Waals surface area (Å²) in [5, 5.41) is 15.7. The lowest BCUT2D eigenvalue weighted by molar-refractivity contribution is 0.0936. The number of carbonyl (C=O) groups is 1. The van der Waals surface area contributed by atoms with Gasteiger partial charge in [-0.15, -0.1) is 0 Å². The van der Waals surface area contributed by atoms with Crippen molar-refractivity contribution in [2.24, 2.45) is 0 Å². The molecule has 0 radical (unpaired) electrons. The zero-order valence-corrected chi connectivity index (χ0v) is 10.6. The number of hydrogen-bond donors (Lipinski definition) is 2. The molecule has 0 saturated carbocycles. The maximum Gasteiger partial charge on any atom is 0.275 e. The van der Waals surface area contributed by atoms with Gasteiger partial charge in [0.05, 0.1) is 12.1 Å². The summed E-state index contributed by atoms with van der Waals surface area (Å²) in [5.74, 6) is -0.563. The SMILES string of the molecule is CCn1nc(C(=O)NCCO)c(=O)c2ccccc21. The largest absolute Gasteiger partial charge is 0.395 e. The zero-order chi connectivity index (χ0) is 13.8. The lowest BCUT2D eigenvalue weighted by Crippen LogP contribution is -2.33. The average Bonchev–Trinajstić information content (AvgIpc) is 2.45. The van der Waals surface area contributed by atoms with Crippen molar-refractivity contribution in [2.75, 3.05) is 13.2 Å². The molecule has 0 spiro atoms. The lowest BCUT2D eigenvalue weighted by atomic mass is 10.2. The van der Waals surface area contributed by atoms with Crippen LogP contribution in [-0.4, -0.2) is 33.9 Å². The summed E-state index contributed by atoms with van der Waals surface area (Å²) in [6.45, 7) is 2.36. The topological polar surface area (TPSA) is 84.2 Å². The molecule has 0 bridgehead atoms. The summed E-state index contributed by atoms with van der Waals surface area (Å²) >= 11 is 0. The third-order valence-electron chi connectivity index (χ3n) is 2.77. The highest BCUT2D eigenvalue weighted by Crippen LogP contribution is 2.09. The van der Waals surface area contributed by atoms with Crippen molar-refractivity contribution in [1.29, 1.82) is 0 Å². The summed E-state index contributed by atoms with van der Waals surface area (Å²) in [5.41, 5.74) is 0.165. The van der Waals surface area contributed by atoms with Crippen LogP contribution in [0.5, 0.6) is 0 Å². The number of rotatable bonds is 4. The molecule has 2 N–H and O–H groups in total. The second-order valence-electron chi connectivity index (χ2n) is 3.99. The van der Waals surface area contributed by atoms with Crippen LogP contribution in [-0.2, 0) is 6.54 Å². The van der Waals surface area contributed by atoms with E-state index in [4.69, 9.17) is 5.11 Å². The van der Waals surface area contributed by atoms with Gasteiger partial charge in [0.25, 0.3) is 5.91 Å². The first-order valence-corrected chi connectivity index (χ1v) is 6.08. The van der Waals surface area contributed by atoms with E-state index in [0.29, 0.717) is 17.4 Å². The van der Waals surface area contributed by atoms with Gasteiger partial charge in [-0.2, -0.15) is 5.10 Å². The fourth-order valence-electron chi connectivity index (χ4n) is 1.88. The van der Waals surface area contributed by atoms with E-state index < -0.39 is 11.3 Å². The second kappa shape index (κ2) is 5.62. The van der Waals surface area contributed by atoms with Crippen LogP contribution in [0.15, 0.2) is 29.1 Å². The van der Waals surface area contributed by atoms with Crippen molar-refractivity contribution < 1.29 is 9.90 Å². The first-order chi connectivity index (χ1) is 9.19. The van der Waals surface area contributed by atoms with Crippen LogP contribution in [0.4, 0.5) is 0 Å². The van der Waals surface area contributed by atoms with Gasteiger partial charge in [0.1, 0.15) is 0 Å². The number of benzene rings is 1. The molecule has 2 aromatic rings. The van der Waals surface area contributed by atoms with E-state index in [2.05, 4.69) is 10.4 Å². The highest BCUT2D eigenvalue weighted by atomic mass is 16.3. The maximum absolute atomic E-state index is 12.2. The smallest absolute Gasteiger partial charge is 0.275 e. The Kier molecular flexibility index (Phi) is 3.91. The number of para-hydroxylation sites is 1. The molecule has 1 aromatic heterocycles. The van der Waals surface area contributed by atoms with Gasteiger partial charge in [-0.25, -0.2) is 0 Å². The number of carbonyl (C=O) groups excluding carboxylic acids is 1. The molecule has 0 atom stereocenters. The number of amides is 1. The number of aliphatic hydroxyl groups excluding tert-OH is 1. The lowest BCUT2D eigenvalue weighted by Gasteiger charge is -2.09. The molecule has 1 heterocycles. The molecular formula is C13H15N3O3. The molecule has 0 fully saturated rings. The first kappa shape index (κ1) is 13.2. The molecule has 1 amide bonds. The van der Waals surface area contributed by atoms with Gasteiger partial charge < -0.3 is 10.4 Å². The number of nitrogens with zero attached hydrogens (tertiary/aromatic N) is 2. The third-order valence-corrected chi connectivity index (χ3v) is 2.77. The predicted octanol–water partition coefficient (Wildman–Crippen LogP) is 0.138. The molecule has 0 saturated heterocycles. The molecule has 0 aliphatic heterocycles. The van der Waals surface area contributed by atoms with Crippen molar-refractivity contribution in [1.82, 2.24) is 15.1 Å². The summed E-state index contributed by atoms with van der Waals surface area (Å²) in [6, 6.07) is 7.04. The molecule has 6 nitrogen and oxygen atoms in total. The number of fused-ring (bicyclic) bond motifs is 1. The Morgan fingerprint density at radius 1 is 1.42 bits per heavy atom. The number of aliphatic hydroxyl groups is 1. The van der Waals surface area contributed by atoms with Crippen molar-refractivity contribution in [3.05, 3.63) is 40.2 Å². The molecule has 19 heavy (non-hydrogen) atoms. The number of nitrogens with one attached hydrogen (secondary N) is 1. The summed E-state index contributed by atoms with van der Waals surface area (Å²) in [7, 11) is 0. The van der Waals surface area contributed by atoms with Gasteiger partial charge in [-0.05, 0) is 19.1 Å². The van der Waals surface area contributed by atoms with Crippen LogP contribution >= 0.6 is 0 Å². The molecule has 6 heteroatoms. The maximum atomic E-state index is 12.2. The zero-order valence-electron chi connectivity index (χ0n) is 10.6. The Morgan fingerprint density at radius 3 is 2.84 bits per heavy atom. The van der Waals surface area contributed by atoms with Crippen molar-refractivity contribution >= 4 is 16.8 Å². The predicted molar refractivity (Wildman–Crippen MR) is 71.1 cm³/mol. The van der Waals surface area contributed by atoms with Crippen LogP contribution in [0, 0.1) is 0 Å². The van der Waals surface area contributed by atoms with Gasteiger partial charge >= 0.3 is 0 Å². The number of hydrogen-bond acceptors (Lipinski definition) is 4. The van der Waals surface area contributed by atoms with E-state index in [1.807, 2.05) is 13.0 Å². The monoisotopic (exact) mass is 261 g/mol. The Morgan fingerprint density at radius 2 is 2.16 bits per heavy atom. The van der Waals surface area contributed by atoms with Gasteiger partial charge in [-0.1, -0.05) is 12.1 Å². The van der Waals surface area contributed by atoms with Crippen LogP contribution in [0.1, 0.15) is 17.4 Å². The Balaban J connectivity index is 2.60. The van der Waals surface area contributed by atoms with Crippen LogP contribution in [0.3, 0.4) is 0 Å². The summed E-state index contributed by atoms with van der Waals surface area (Å²) < 4.78 is 1.62. The normalized spacial score (nSPS) is 10.6. The Hall–Kier alpha value is -2.21. The van der Waals surface area contributed by atoms with E-state index in [9.17, 15) is 9.59 Å². The molecule has 0 aliphatic carbocycles. The van der Waals surface area contributed by atoms with Crippen molar-refractivity contribution in [2.45, 2.75) is 13.5 Å². The molecule has 0 unspecified atom stereocenters. The van der Waals surface area contributed by atoms with Crippen LogP contribution < -0.4 is 10.7 Å². The average molecular weight is 261 g/mol. The Bertz CT molecular complexity index is 664. The van der Waals surface area contributed by atoms with Crippen molar-refractivity contribution in [3.63, 3.8) is 0 Å². The van der Waals surface area contributed by atoms with E-state index in [1.54, 1.807) is 22.9 Å². The van der Waals surface area contributed by atoms with E-state index in [0.717, 1.165) is 0 Å². The standard InChI is InChI=1S/C13H15N3O3/c1-2-16-10-6-4-3-5-9(10)12(18)11(15-16)13(19)14-7-8-17/h3-6,17H,2,7-8H2,1H3,(H,14,19). The fraction of sp³-hybridized carbons (Fsp3) is 0.308. The molecule has 0 aliphatic rings.